The third kappa shape index (κ3) is 1.91. The smallest absolute Gasteiger partial charge is 0.222 e. The van der Waals surface area contributed by atoms with Crippen LogP contribution >= 0.6 is 0 Å². The van der Waals surface area contributed by atoms with Crippen molar-refractivity contribution in [2.75, 3.05) is 0 Å². The van der Waals surface area contributed by atoms with Crippen LogP contribution in [-0.4, -0.2) is 11.3 Å². The molecule has 15 heavy (non-hydrogen) atoms. The van der Waals surface area contributed by atoms with Crippen molar-refractivity contribution < 1.29 is 9.21 Å². The third-order valence-corrected chi connectivity index (χ3v) is 2.58. The highest BCUT2D eigenvalue weighted by atomic mass is 16.4. The Morgan fingerprint density at radius 2 is 2.13 bits per heavy atom. The second-order valence-corrected chi connectivity index (χ2v) is 3.78. The summed E-state index contributed by atoms with van der Waals surface area (Å²) in [4.78, 5) is 14.8. The van der Waals surface area contributed by atoms with Gasteiger partial charge in [-0.25, -0.2) is 4.98 Å². The first-order valence-corrected chi connectivity index (χ1v) is 5.00. The van der Waals surface area contributed by atoms with Crippen molar-refractivity contribution >= 4 is 11.9 Å². The summed E-state index contributed by atoms with van der Waals surface area (Å²) in [7, 11) is 0. The van der Waals surface area contributed by atoms with Crippen LogP contribution in [0.15, 0.2) is 22.1 Å². The summed E-state index contributed by atoms with van der Waals surface area (Å²) in [6.07, 6.45) is 6.77. The van der Waals surface area contributed by atoms with Crippen LogP contribution in [0.25, 0.3) is 5.57 Å². The van der Waals surface area contributed by atoms with Crippen molar-refractivity contribution in [1.29, 1.82) is 0 Å². The fourth-order valence-electron chi connectivity index (χ4n) is 1.57. The molecule has 0 atom stereocenters. The first kappa shape index (κ1) is 9.90. The van der Waals surface area contributed by atoms with Gasteiger partial charge in [-0.1, -0.05) is 17.7 Å². The van der Waals surface area contributed by atoms with Gasteiger partial charge in [0.1, 0.15) is 11.5 Å². The minimum Gasteiger partial charge on any atom is -0.441 e. The van der Waals surface area contributed by atoms with Gasteiger partial charge in [-0.05, 0) is 26.7 Å². The summed E-state index contributed by atoms with van der Waals surface area (Å²) in [6, 6.07) is 0. The predicted molar refractivity (Wildman–Crippen MR) is 57.6 cm³/mol. The molecule has 0 amide bonds. The minimum absolute atomic E-state index is 0.400. The molecule has 0 aliphatic heterocycles. The van der Waals surface area contributed by atoms with Crippen molar-refractivity contribution in [2.45, 2.75) is 26.7 Å². The van der Waals surface area contributed by atoms with Crippen LogP contribution in [-0.2, 0) is 0 Å². The van der Waals surface area contributed by atoms with Crippen LogP contribution in [0.5, 0.6) is 0 Å². The topological polar surface area (TPSA) is 43.1 Å². The lowest BCUT2D eigenvalue weighted by Gasteiger charge is -2.08. The lowest BCUT2D eigenvalue weighted by molar-refractivity contribution is 0.111. The van der Waals surface area contributed by atoms with Gasteiger partial charge in [-0.15, -0.1) is 0 Å². The van der Waals surface area contributed by atoms with E-state index < -0.39 is 0 Å². The maximum absolute atomic E-state index is 10.6. The summed E-state index contributed by atoms with van der Waals surface area (Å²) in [6.45, 7) is 3.86. The van der Waals surface area contributed by atoms with E-state index in [1.165, 1.54) is 5.57 Å². The average molecular weight is 203 g/mol. The Kier molecular flexibility index (Phi) is 2.54. The van der Waals surface area contributed by atoms with E-state index in [-0.39, 0.29) is 0 Å². The molecular formula is C12H13NO2. The number of allylic oxidation sites excluding steroid dienone is 4. The molecule has 0 N–H and O–H groups in total. The van der Waals surface area contributed by atoms with Gasteiger partial charge in [0.2, 0.25) is 5.89 Å². The van der Waals surface area contributed by atoms with Crippen LogP contribution in [0, 0.1) is 6.92 Å². The molecule has 0 bridgehead atoms. The highest BCUT2D eigenvalue weighted by molar-refractivity contribution is 5.74. The van der Waals surface area contributed by atoms with Crippen molar-refractivity contribution in [3.05, 3.63) is 35.1 Å². The van der Waals surface area contributed by atoms with E-state index in [0.29, 0.717) is 17.3 Å². The summed E-state index contributed by atoms with van der Waals surface area (Å²) in [5.41, 5.74) is 2.83. The third-order valence-electron chi connectivity index (χ3n) is 2.58. The van der Waals surface area contributed by atoms with Crippen molar-refractivity contribution in [1.82, 2.24) is 4.98 Å². The number of hydrogen-bond acceptors (Lipinski definition) is 3. The number of hydrogen-bond donors (Lipinski definition) is 0. The first-order valence-electron chi connectivity index (χ1n) is 5.00. The van der Waals surface area contributed by atoms with E-state index in [2.05, 4.69) is 18.0 Å². The summed E-state index contributed by atoms with van der Waals surface area (Å²) >= 11 is 0. The van der Waals surface area contributed by atoms with E-state index in [9.17, 15) is 4.79 Å². The minimum atomic E-state index is 0.400. The second kappa shape index (κ2) is 3.85. The zero-order valence-electron chi connectivity index (χ0n) is 8.91. The second-order valence-electron chi connectivity index (χ2n) is 3.78. The summed E-state index contributed by atoms with van der Waals surface area (Å²) in [5, 5.41) is 0. The number of aldehydes is 1. The van der Waals surface area contributed by atoms with Gasteiger partial charge in [0, 0.05) is 5.57 Å². The highest BCUT2D eigenvalue weighted by Crippen LogP contribution is 2.26. The number of carbonyl (C=O) groups excluding carboxylic acids is 1. The quantitative estimate of drug-likeness (QED) is 0.694. The Balaban J connectivity index is 2.34. The van der Waals surface area contributed by atoms with Gasteiger partial charge in [-0.3, -0.25) is 4.79 Å². The lowest BCUT2D eigenvalue weighted by Crippen LogP contribution is -1.91. The van der Waals surface area contributed by atoms with Crippen LogP contribution in [0.1, 0.15) is 41.9 Å². The van der Waals surface area contributed by atoms with Gasteiger partial charge in [0.15, 0.2) is 6.29 Å². The van der Waals surface area contributed by atoms with E-state index in [1.54, 1.807) is 6.92 Å². The molecule has 2 rings (SSSR count). The van der Waals surface area contributed by atoms with E-state index in [4.69, 9.17) is 4.42 Å². The first-order chi connectivity index (χ1) is 7.20. The van der Waals surface area contributed by atoms with Crippen LogP contribution in [0.3, 0.4) is 0 Å². The molecule has 1 heterocycles. The van der Waals surface area contributed by atoms with Gasteiger partial charge < -0.3 is 4.42 Å². The van der Waals surface area contributed by atoms with Crippen LogP contribution in [0.2, 0.25) is 0 Å². The monoisotopic (exact) mass is 203 g/mol. The predicted octanol–water partition coefficient (Wildman–Crippen LogP) is 2.92. The fraction of sp³-hybridized carbons (Fsp3) is 0.333. The molecule has 3 nitrogen and oxygen atoms in total. The molecule has 1 aromatic rings. The molecule has 0 aromatic carbocycles. The SMILES string of the molecule is CC1=CC=C(c2nc(C=O)c(C)o2)CC1. The Hall–Kier alpha value is -1.64. The number of oxazole rings is 1. The summed E-state index contributed by atoms with van der Waals surface area (Å²) < 4.78 is 5.44. The van der Waals surface area contributed by atoms with Crippen molar-refractivity contribution in [3.63, 3.8) is 0 Å². The zero-order chi connectivity index (χ0) is 10.8. The Labute approximate surface area is 88.5 Å². The number of aromatic nitrogens is 1. The van der Waals surface area contributed by atoms with Crippen molar-refractivity contribution in [3.8, 4) is 0 Å². The van der Waals surface area contributed by atoms with Crippen molar-refractivity contribution in [2.24, 2.45) is 0 Å². The van der Waals surface area contributed by atoms with E-state index in [0.717, 1.165) is 24.7 Å². The molecule has 78 valence electrons. The molecule has 0 radical (unpaired) electrons. The number of nitrogens with zero attached hydrogens (tertiary/aromatic N) is 1. The maximum atomic E-state index is 10.6. The molecule has 1 aliphatic carbocycles. The number of rotatable bonds is 2. The summed E-state index contributed by atoms with van der Waals surface area (Å²) in [5.74, 6) is 1.17. The molecule has 1 aliphatic rings. The Bertz CT molecular complexity index is 452. The molecule has 0 fully saturated rings. The van der Waals surface area contributed by atoms with Gasteiger partial charge >= 0.3 is 0 Å². The Morgan fingerprint density at radius 3 is 2.67 bits per heavy atom. The van der Waals surface area contributed by atoms with E-state index in [1.807, 2.05) is 6.08 Å². The van der Waals surface area contributed by atoms with Gasteiger partial charge in [-0.2, -0.15) is 0 Å². The van der Waals surface area contributed by atoms with Crippen LogP contribution in [0.4, 0.5) is 0 Å². The average Bonchev–Trinajstić information content (AvgIpc) is 2.61. The molecule has 3 heteroatoms. The maximum Gasteiger partial charge on any atom is 0.222 e. The molecule has 0 spiro atoms. The van der Waals surface area contributed by atoms with Crippen LogP contribution < -0.4 is 0 Å². The fourth-order valence-corrected chi connectivity index (χ4v) is 1.57. The largest absolute Gasteiger partial charge is 0.441 e. The lowest BCUT2D eigenvalue weighted by atomic mass is 10.00. The molecule has 0 saturated heterocycles. The number of aryl methyl sites for hydroxylation is 1. The standard InChI is InChI=1S/C12H13NO2/c1-8-3-5-10(6-4-8)12-13-11(7-14)9(2)15-12/h3,5,7H,4,6H2,1-2H3. The van der Waals surface area contributed by atoms with Gasteiger partial charge in [0.25, 0.3) is 0 Å². The normalized spacial score (nSPS) is 15.9. The zero-order valence-corrected chi connectivity index (χ0v) is 8.91. The van der Waals surface area contributed by atoms with E-state index >= 15 is 0 Å². The highest BCUT2D eigenvalue weighted by Gasteiger charge is 2.14. The molecular weight excluding hydrogens is 190 g/mol. The molecule has 0 unspecified atom stereocenters. The Morgan fingerprint density at radius 1 is 1.33 bits per heavy atom. The van der Waals surface area contributed by atoms with Gasteiger partial charge in [0.05, 0.1) is 0 Å². The molecule has 1 aromatic heterocycles. The molecule has 0 saturated carbocycles. The number of carbonyl (C=O) groups is 1.